The van der Waals surface area contributed by atoms with Crippen LogP contribution in [0.1, 0.15) is 10.5 Å². The number of H-pyrrole nitrogens is 1. The van der Waals surface area contributed by atoms with E-state index < -0.39 is 5.91 Å². The van der Waals surface area contributed by atoms with Crippen molar-refractivity contribution in [1.82, 2.24) is 4.98 Å². The van der Waals surface area contributed by atoms with Gasteiger partial charge in [-0.3, -0.25) is 9.59 Å². The maximum Gasteiger partial charge on any atom is 0.265 e. The second-order valence-electron chi connectivity index (χ2n) is 3.09. The Labute approximate surface area is 89.2 Å². The Kier molecular flexibility index (Phi) is 2.41. The minimum Gasteiger partial charge on any atom is -0.319 e. The van der Waals surface area contributed by atoms with Crippen molar-refractivity contribution in [3.8, 4) is 0 Å². The molecule has 0 fully saturated rings. The largest absolute Gasteiger partial charge is 0.319 e. The van der Waals surface area contributed by atoms with Gasteiger partial charge in [-0.2, -0.15) is 0 Å². The summed E-state index contributed by atoms with van der Waals surface area (Å²) in [6.45, 7) is 0. The molecule has 0 bridgehead atoms. The Morgan fingerprint density at radius 1 is 1.38 bits per heavy atom. The molecule has 1 aromatic heterocycles. The van der Waals surface area contributed by atoms with E-state index in [1.54, 1.807) is 24.3 Å². The zero-order chi connectivity index (χ0) is 11.5. The summed E-state index contributed by atoms with van der Waals surface area (Å²) in [4.78, 5) is 27.6. The lowest BCUT2D eigenvalue weighted by atomic mass is 10.1. The van der Waals surface area contributed by atoms with Gasteiger partial charge >= 0.3 is 0 Å². The fraction of sp³-hybridized carbons (Fsp3) is 0. The Morgan fingerprint density at radius 3 is 2.88 bits per heavy atom. The monoisotopic (exact) mass is 214 g/mol. The molecule has 0 aliphatic carbocycles. The number of benzene rings is 1. The van der Waals surface area contributed by atoms with Crippen molar-refractivity contribution < 1.29 is 4.79 Å². The molecular weight excluding hydrogens is 208 g/mol. The predicted molar refractivity (Wildman–Crippen MR) is 58.0 cm³/mol. The number of hydrogen-bond acceptors (Lipinski definition) is 2. The number of aromatic nitrogens is 1. The summed E-state index contributed by atoms with van der Waals surface area (Å²) in [5, 5.41) is 4.03. The number of carbonyl (C=O) groups is 1. The second kappa shape index (κ2) is 3.88. The van der Waals surface area contributed by atoms with Gasteiger partial charge in [0.1, 0.15) is 0 Å². The Hall–Kier alpha value is -2.59. The van der Waals surface area contributed by atoms with Crippen LogP contribution in [-0.4, -0.2) is 10.9 Å². The Morgan fingerprint density at radius 2 is 2.12 bits per heavy atom. The molecule has 0 spiro atoms. The highest BCUT2D eigenvalue weighted by Crippen LogP contribution is 2.10. The van der Waals surface area contributed by atoms with E-state index in [4.69, 9.17) is 5.53 Å². The van der Waals surface area contributed by atoms with Crippen molar-refractivity contribution in [2.45, 2.75) is 0 Å². The van der Waals surface area contributed by atoms with Crippen LogP contribution in [-0.2, 0) is 0 Å². The summed E-state index contributed by atoms with van der Waals surface area (Å²) in [6.07, 6.45) is 0. The number of nitrogens with zero attached hydrogens (tertiary/aromatic N) is 3. The van der Waals surface area contributed by atoms with Crippen LogP contribution in [0.15, 0.2) is 40.2 Å². The Balaban J connectivity index is 2.71. The number of pyridine rings is 1. The van der Waals surface area contributed by atoms with Gasteiger partial charge in [0.05, 0.1) is 5.69 Å². The standard InChI is InChI=1S/C10H6N4O2/c11-14-13-10(16)8-5-6-3-1-2-4-7(6)9(15)12-8/h1-5H,(H,12,15). The SMILES string of the molecule is [N-]=[N+]=NC(=O)c1cc2ccccc2c(=O)[nH]1. The summed E-state index contributed by atoms with van der Waals surface area (Å²) in [5.41, 5.74) is 7.73. The highest BCUT2D eigenvalue weighted by atomic mass is 16.2. The van der Waals surface area contributed by atoms with Gasteiger partial charge in [0.25, 0.3) is 11.5 Å². The summed E-state index contributed by atoms with van der Waals surface area (Å²) >= 11 is 0. The van der Waals surface area contributed by atoms with E-state index in [0.29, 0.717) is 10.8 Å². The molecule has 16 heavy (non-hydrogen) atoms. The molecule has 6 heteroatoms. The molecule has 0 radical (unpaired) electrons. The van der Waals surface area contributed by atoms with Crippen LogP contribution in [0.4, 0.5) is 0 Å². The number of aromatic amines is 1. The maximum absolute atomic E-state index is 11.6. The summed E-state index contributed by atoms with van der Waals surface area (Å²) < 4.78 is 0. The van der Waals surface area contributed by atoms with Gasteiger partial charge in [-0.1, -0.05) is 18.2 Å². The number of hydrogen-bond donors (Lipinski definition) is 1. The van der Waals surface area contributed by atoms with Crippen LogP contribution < -0.4 is 5.56 Å². The first-order chi connectivity index (χ1) is 7.72. The van der Waals surface area contributed by atoms with E-state index in [1.165, 1.54) is 6.07 Å². The number of azide groups is 1. The number of fused-ring (bicyclic) bond motifs is 1. The first kappa shape index (κ1) is 9.95. The van der Waals surface area contributed by atoms with Gasteiger partial charge in [-0.05, 0) is 28.2 Å². The van der Waals surface area contributed by atoms with Gasteiger partial charge in [-0.15, -0.1) is 0 Å². The molecule has 6 nitrogen and oxygen atoms in total. The van der Waals surface area contributed by atoms with Crippen LogP contribution in [0.2, 0.25) is 0 Å². The summed E-state index contributed by atoms with van der Waals surface area (Å²) in [7, 11) is 0. The highest BCUT2D eigenvalue weighted by Gasteiger charge is 2.06. The minimum atomic E-state index is -0.801. The molecule has 1 aromatic carbocycles. The molecule has 0 unspecified atom stereocenters. The molecule has 1 N–H and O–H groups in total. The smallest absolute Gasteiger partial charge is 0.265 e. The van der Waals surface area contributed by atoms with Gasteiger partial charge < -0.3 is 4.98 Å². The van der Waals surface area contributed by atoms with Gasteiger partial charge in [0.2, 0.25) is 0 Å². The third-order valence-electron chi connectivity index (χ3n) is 2.12. The lowest BCUT2D eigenvalue weighted by Gasteiger charge is -1.99. The lowest BCUT2D eigenvalue weighted by molar-refractivity contribution is 0.0995. The molecule has 2 rings (SSSR count). The second-order valence-corrected chi connectivity index (χ2v) is 3.09. The molecule has 0 aliphatic heterocycles. The van der Waals surface area contributed by atoms with Gasteiger partial charge in [0.15, 0.2) is 0 Å². The molecule has 1 amide bonds. The first-order valence-electron chi connectivity index (χ1n) is 4.44. The number of amides is 1. The fourth-order valence-corrected chi connectivity index (χ4v) is 1.42. The molecule has 0 atom stereocenters. The zero-order valence-electron chi connectivity index (χ0n) is 8.04. The quantitative estimate of drug-likeness (QED) is 0.446. The molecule has 78 valence electrons. The molecule has 1 heterocycles. The average molecular weight is 214 g/mol. The summed E-state index contributed by atoms with van der Waals surface area (Å²) in [5.74, 6) is -0.801. The number of rotatable bonds is 1. The van der Waals surface area contributed by atoms with Crippen molar-refractivity contribution in [2.24, 2.45) is 5.11 Å². The van der Waals surface area contributed by atoms with Crippen molar-refractivity contribution >= 4 is 16.7 Å². The normalized spacial score (nSPS) is 9.75. The van der Waals surface area contributed by atoms with E-state index in [1.807, 2.05) is 0 Å². The third-order valence-corrected chi connectivity index (χ3v) is 2.12. The van der Waals surface area contributed by atoms with E-state index in [2.05, 4.69) is 15.0 Å². The third kappa shape index (κ3) is 1.65. The van der Waals surface area contributed by atoms with Gasteiger partial charge in [0, 0.05) is 10.3 Å². The molecule has 0 aliphatic rings. The van der Waals surface area contributed by atoms with Crippen LogP contribution in [0.3, 0.4) is 0 Å². The van der Waals surface area contributed by atoms with Crippen LogP contribution >= 0.6 is 0 Å². The molecular formula is C10H6N4O2. The van der Waals surface area contributed by atoms with Gasteiger partial charge in [-0.25, -0.2) is 0 Å². The molecule has 0 saturated carbocycles. The highest BCUT2D eigenvalue weighted by molar-refractivity contribution is 5.96. The topological polar surface area (TPSA) is 98.7 Å². The predicted octanol–water partition coefficient (Wildman–Crippen LogP) is 1.98. The average Bonchev–Trinajstić information content (AvgIpc) is 2.29. The Bertz CT molecular complexity index is 668. The van der Waals surface area contributed by atoms with Crippen molar-refractivity contribution in [1.29, 1.82) is 0 Å². The lowest BCUT2D eigenvalue weighted by Crippen LogP contribution is -2.11. The fourth-order valence-electron chi connectivity index (χ4n) is 1.42. The number of carbonyl (C=O) groups excluding carboxylic acids is 1. The first-order valence-corrected chi connectivity index (χ1v) is 4.44. The maximum atomic E-state index is 11.6. The van der Waals surface area contributed by atoms with Crippen molar-refractivity contribution in [3.05, 3.63) is 56.8 Å². The van der Waals surface area contributed by atoms with Crippen LogP contribution in [0.5, 0.6) is 0 Å². The zero-order valence-corrected chi connectivity index (χ0v) is 8.04. The van der Waals surface area contributed by atoms with E-state index in [9.17, 15) is 9.59 Å². The van der Waals surface area contributed by atoms with E-state index >= 15 is 0 Å². The summed E-state index contributed by atoms with van der Waals surface area (Å²) in [6, 6.07) is 8.32. The van der Waals surface area contributed by atoms with E-state index in [-0.39, 0.29) is 11.3 Å². The number of nitrogens with one attached hydrogen (secondary N) is 1. The van der Waals surface area contributed by atoms with E-state index in [0.717, 1.165) is 0 Å². The molecule has 0 saturated heterocycles. The van der Waals surface area contributed by atoms with Crippen LogP contribution in [0.25, 0.3) is 21.2 Å². The van der Waals surface area contributed by atoms with Crippen molar-refractivity contribution in [3.63, 3.8) is 0 Å². The van der Waals surface area contributed by atoms with Crippen LogP contribution in [0, 0.1) is 0 Å². The minimum absolute atomic E-state index is 0.0125. The van der Waals surface area contributed by atoms with Crippen molar-refractivity contribution in [2.75, 3.05) is 0 Å². The molecule has 2 aromatic rings.